The molecule has 0 bridgehead atoms. The van der Waals surface area contributed by atoms with Gasteiger partial charge in [-0.2, -0.15) is 0 Å². The number of aliphatic carboxylic acids is 2. The molecule has 0 spiro atoms. The van der Waals surface area contributed by atoms with E-state index in [0.717, 1.165) is 14.0 Å². The summed E-state index contributed by atoms with van der Waals surface area (Å²) in [6.45, 7) is 1.05. The maximum atomic E-state index is 15.3. The Kier molecular flexibility index (Phi) is 7.95. The SMILES string of the molecule is CNC(=O)C1C(F)C(C(=O)NC2C(F)C(C)C(F)C(Cl)C2F)C(C(=O)O)C(F)C1C(=O)O. The maximum absolute atomic E-state index is 15.3. The molecule has 2 aliphatic carbocycles. The number of carbonyl (C=O) groups excluding carboxylic acids is 2. The van der Waals surface area contributed by atoms with Gasteiger partial charge in [0.15, 0.2) is 0 Å². The van der Waals surface area contributed by atoms with Crippen molar-refractivity contribution in [2.45, 2.75) is 49.2 Å². The summed E-state index contributed by atoms with van der Waals surface area (Å²) in [5, 5.41) is 20.4. The second-order valence-corrected chi connectivity index (χ2v) is 8.46. The van der Waals surface area contributed by atoms with Gasteiger partial charge in [0.2, 0.25) is 11.8 Å². The van der Waals surface area contributed by atoms with Crippen LogP contribution in [0.4, 0.5) is 22.0 Å². The van der Waals surface area contributed by atoms with Crippen LogP contribution in [0.3, 0.4) is 0 Å². The zero-order valence-electron chi connectivity index (χ0n) is 16.7. The third-order valence-corrected chi connectivity index (χ3v) is 6.66. The Morgan fingerprint density at radius 2 is 1.16 bits per heavy atom. The molecule has 2 saturated carbocycles. The summed E-state index contributed by atoms with van der Waals surface area (Å²) in [4.78, 5) is 47.9. The van der Waals surface area contributed by atoms with E-state index < -0.39 is 95.6 Å². The van der Waals surface area contributed by atoms with E-state index in [4.69, 9.17) is 11.6 Å². The van der Waals surface area contributed by atoms with E-state index in [9.17, 15) is 47.0 Å². The minimum Gasteiger partial charge on any atom is -0.481 e. The minimum absolute atomic E-state index is 0.984. The number of halogens is 6. The molecule has 0 aromatic heterocycles. The Balaban J connectivity index is 2.43. The van der Waals surface area contributed by atoms with Crippen molar-refractivity contribution >= 4 is 35.4 Å². The first-order valence-electron chi connectivity index (χ1n) is 9.59. The molecular weight excluding hydrogens is 471 g/mol. The Hall–Kier alpha value is -2.18. The third-order valence-electron chi connectivity index (χ3n) is 6.18. The second-order valence-electron chi connectivity index (χ2n) is 7.95. The molecule has 0 heterocycles. The largest absolute Gasteiger partial charge is 0.481 e. The lowest BCUT2D eigenvalue weighted by Crippen LogP contribution is -2.65. The quantitative estimate of drug-likeness (QED) is 0.332. The van der Waals surface area contributed by atoms with Crippen molar-refractivity contribution in [3.05, 3.63) is 0 Å². The van der Waals surface area contributed by atoms with Crippen LogP contribution in [0.15, 0.2) is 0 Å². The van der Waals surface area contributed by atoms with Crippen LogP contribution < -0.4 is 10.6 Å². The summed E-state index contributed by atoms with van der Waals surface area (Å²) in [6.07, 6.45) is -12.7. The number of carboxylic acids is 2. The van der Waals surface area contributed by atoms with E-state index >= 15 is 4.39 Å². The van der Waals surface area contributed by atoms with Gasteiger partial charge in [-0.25, -0.2) is 22.0 Å². The molecule has 32 heavy (non-hydrogen) atoms. The molecule has 2 amide bonds. The average Bonchev–Trinajstić information content (AvgIpc) is 2.73. The van der Waals surface area contributed by atoms with Crippen LogP contribution in [-0.2, 0) is 19.2 Å². The first-order valence-corrected chi connectivity index (χ1v) is 10.0. The lowest BCUT2D eigenvalue weighted by atomic mass is 9.64. The first kappa shape index (κ1) is 26.1. The molecule has 12 atom stereocenters. The summed E-state index contributed by atoms with van der Waals surface area (Å²) in [7, 11) is 0.984. The summed E-state index contributed by atoms with van der Waals surface area (Å²) >= 11 is 5.60. The van der Waals surface area contributed by atoms with Crippen molar-refractivity contribution in [1.82, 2.24) is 10.6 Å². The maximum Gasteiger partial charge on any atom is 0.310 e. The Morgan fingerprint density at radius 1 is 0.719 bits per heavy atom. The van der Waals surface area contributed by atoms with Gasteiger partial charge in [0.05, 0.1) is 23.3 Å². The minimum atomic E-state index is -2.89. The van der Waals surface area contributed by atoms with Gasteiger partial charge >= 0.3 is 11.9 Å². The fourth-order valence-corrected chi connectivity index (χ4v) is 4.75. The van der Waals surface area contributed by atoms with Crippen LogP contribution in [0.25, 0.3) is 0 Å². The molecule has 4 N–H and O–H groups in total. The van der Waals surface area contributed by atoms with Crippen LogP contribution in [0.5, 0.6) is 0 Å². The molecule has 0 saturated heterocycles. The average molecular weight is 493 g/mol. The molecule has 2 aliphatic rings. The lowest BCUT2D eigenvalue weighted by molar-refractivity contribution is -0.174. The second kappa shape index (κ2) is 9.75. The molecule has 8 nitrogen and oxygen atoms in total. The monoisotopic (exact) mass is 492 g/mol. The Labute approximate surface area is 183 Å². The summed E-state index contributed by atoms with van der Waals surface area (Å²) in [5.41, 5.74) is 0. The number of alkyl halides is 6. The van der Waals surface area contributed by atoms with Gasteiger partial charge in [0.1, 0.15) is 42.7 Å². The van der Waals surface area contributed by atoms with Gasteiger partial charge in [0.25, 0.3) is 0 Å². The standard InChI is InChI=1S/C18H22ClF5N2O6/c1-3-9(20)8(19)13(24)14(10(3)21)26-16(28)5-7(18(31)32)12(23)6(17(29)30)4(11(5)22)15(27)25-2/h3-14H,1-2H3,(H,25,27)(H,26,28)(H,29,30)(H,31,32). The van der Waals surface area contributed by atoms with Crippen LogP contribution >= 0.6 is 11.6 Å². The van der Waals surface area contributed by atoms with Crippen LogP contribution in [0.2, 0.25) is 0 Å². The molecular formula is C18H22ClF5N2O6. The summed E-state index contributed by atoms with van der Waals surface area (Å²) < 4.78 is 73.1. The van der Waals surface area contributed by atoms with Crippen molar-refractivity contribution < 1.29 is 51.3 Å². The van der Waals surface area contributed by atoms with Crippen LogP contribution in [0, 0.1) is 29.6 Å². The van der Waals surface area contributed by atoms with E-state index in [2.05, 4.69) is 0 Å². The highest BCUT2D eigenvalue weighted by Crippen LogP contribution is 2.43. The number of hydrogen-bond donors (Lipinski definition) is 4. The fraction of sp³-hybridized carbons (Fsp3) is 0.778. The van der Waals surface area contributed by atoms with E-state index in [0.29, 0.717) is 0 Å². The first-order chi connectivity index (χ1) is 14.8. The van der Waals surface area contributed by atoms with Gasteiger partial charge in [-0.3, -0.25) is 19.2 Å². The predicted octanol–water partition coefficient (Wildman–Crippen LogP) is 0.812. The number of nitrogens with one attached hydrogen (secondary N) is 2. The zero-order valence-corrected chi connectivity index (χ0v) is 17.5. The third kappa shape index (κ3) is 4.35. The van der Waals surface area contributed by atoms with E-state index in [1.54, 1.807) is 5.32 Å². The molecule has 2 fully saturated rings. The Bertz CT molecular complexity index is 762. The van der Waals surface area contributed by atoms with Gasteiger partial charge in [-0.15, -0.1) is 11.6 Å². The van der Waals surface area contributed by atoms with Crippen LogP contribution in [0.1, 0.15) is 6.92 Å². The summed E-state index contributed by atoms with van der Waals surface area (Å²) in [5.74, 6) is -18.4. The predicted molar refractivity (Wildman–Crippen MR) is 98.5 cm³/mol. The molecule has 2 rings (SSSR count). The van der Waals surface area contributed by atoms with E-state index in [-0.39, 0.29) is 0 Å². The topological polar surface area (TPSA) is 133 Å². The van der Waals surface area contributed by atoms with E-state index in [1.165, 1.54) is 0 Å². The van der Waals surface area contributed by atoms with Crippen molar-refractivity contribution in [1.29, 1.82) is 0 Å². The number of amides is 2. The molecule has 14 heteroatoms. The van der Waals surface area contributed by atoms with Crippen molar-refractivity contribution in [3.8, 4) is 0 Å². The highest BCUT2D eigenvalue weighted by Gasteiger charge is 2.62. The molecule has 0 aliphatic heterocycles. The summed E-state index contributed by atoms with van der Waals surface area (Å²) in [6, 6.07) is -2.11. The van der Waals surface area contributed by atoms with Gasteiger partial charge < -0.3 is 20.8 Å². The number of carboxylic acid groups (broad SMARTS) is 2. The number of hydrogen-bond acceptors (Lipinski definition) is 4. The van der Waals surface area contributed by atoms with Crippen molar-refractivity contribution in [3.63, 3.8) is 0 Å². The fourth-order valence-electron chi connectivity index (χ4n) is 4.36. The smallest absolute Gasteiger partial charge is 0.310 e. The normalized spacial score (nSPS) is 44.4. The van der Waals surface area contributed by atoms with Gasteiger partial charge in [-0.05, 0) is 0 Å². The van der Waals surface area contributed by atoms with Gasteiger partial charge in [-0.1, -0.05) is 6.92 Å². The van der Waals surface area contributed by atoms with Crippen LogP contribution in [-0.4, -0.2) is 83.3 Å². The number of rotatable bonds is 5. The zero-order chi connectivity index (χ0) is 24.7. The molecule has 0 aromatic rings. The molecule has 0 aromatic carbocycles. The van der Waals surface area contributed by atoms with Crippen molar-refractivity contribution in [2.75, 3.05) is 7.05 Å². The van der Waals surface area contributed by atoms with Crippen molar-refractivity contribution in [2.24, 2.45) is 29.6 Å². The lowest BCUT2D eigenvalue weighted by Gasteiger charge is -2.43. The molecule has 182 valence electrons. The Morgan fingerprint density at radius 3 is 1.59 bits per heavy atom. The molecule has 0 radical (unpaired) electrons. The highest BCUT2D eigenvalue weighted by atomic mass is 35.5. The highest BCUT2D eigenvalue weighted by molar-refractivity contribution is 6.21. The molecule has 12 unspecified atom stereocenters. The van der Waals surface area contributed by atoms with E-state index in [1.807, 2.05) is 5.32 Å². The van der Waals surface area contributed by atoms with Gasteiger partial charge in [0, 0.05) is 13.0 Å². The number of carbonyl (C=O) groups is 4.